The van der Waals surface area contributed by atoms with Gasteiger partial charge in [-0.05, 0) is 43.4 Å². The van der Waals surface area contributed by atoms with Crippen LogP contribution in [-0.2, 0) is 4.79 Å². The van der Waals surface area contributed by atoms with E-state index < -0.39 is 12.0 Å². The highest BCUT2D eigenvalue weighted by molar-refractivity contribution is 6.32. The molecule has 2 rings (SSSR count). The number of carboxylic acids is 1. The van der Waals surface area contributed by atoms with E-state index in [1.165, 1.54) is 19.3 Å². The first-order chi connectivity index (χ1) is 9.02. The van der Waals surface area contributed by atoms with Crippen LogP contribution in [0.1, 0.15) is 36.4 Å². The first-order valence-corrected chi connectivity index (χ1v) is 6.92. The molecule has 5 heteroatoms. The van der Waals surface area contributed by atoms with Gasteiger partial charge in [-0.2, -0.15) is 0 Å². The third-order valence-electron chi connectivity index (χ3n) is 3.69. The molecule has 1 aliphatic heterocycles. The maximum Gasteiger partial charge on any atom is 0.325 e. The molecule has 0 amide bonds. The zero-order valence-electron chi connectivity index (χ0n) is 11.0. The van der Waals surface area contributed by atoms with Gasteiger partial charge in [0, 0.05) is 18.8 Å². The molecule has 1 heterocycles. The summed E-state index contributed by atoms with van der Waals surface area (Å²) in [4.78, 5) is 13.3. The van der Waals surface area contributed by atoms with Gasteiger partial charge in [0.2, 0.25) is 0 Å². The Morgan fingerprint density at radius 2 is 2.00 bits per heavy atom. The number of piperidine rings is 1. The molecular weight excluding hydrogens is 264 g/mol. The van der Waals surface area contributed by atoms with Crippen molar-refractivity contribution in [3.63, 3.8) is 0 Å². The Bertz CT molecular complexity index is 485. The van der Waals surface area contributed by atoms with Gasteiger partial charge >= 0.3 is 5.97 Å². The second-order valence-electron chi connectivity index (χ2n) is 4.98. The van der Waals surface area contributed by atoms with Gasteiger partial charge in [0.1, 0.15) is 6.04 Å². The van der Waals surface area contributed by atoms with Gasteiger partial charge in [0.15, 0.2) is 0 Å². The molecule has 4 nitrogen and oxygen atoms in total. The van der Waals surface area contributed by atoms with Crippen molar-refractivity contribution in [2.75, 3.05) is 18.0 Å². The van der Waals surface area contributed by atoms with Crippen LogP contribution < -0.4 is 10.6 Å². The Morgan fingerprint density at radius 1 is 1.37 bits per heavy atom. The molecule has 0 spiro atoms. The van der Waals surface area contributed by atoms with E-state index in [1.807, 2.05) is 13.0 Å². The molecule has 19 heavy (non-hydrogen) atoms. The molecule has 0 aromatic heterocycles. The van der Waals surface area contributed by atoms with Crippen LogP contribution in [0.25, 0.3) is 0 Å². The summed E-state index contributed by atoms with van der Waals surface area (Å²) in [6, 6.07) is 2.60. The maximum atomic E-state index is 11.0. The highest BCUT2D eigenvalue weighted by atomic mass is 35.5. The molecule has 0 radical (unpaired) electrons. The summed E-state index contributed by atoms with van der Waals surface area (Å²) in [5.41, 5.74) is 8.12. The maximum absolute atomic E-state index is 11.0. The van der Waals surface area contributed by atoms with E-state index >= 15 is 0 Å². The lowest BCUT2D eigenvalue weighted by atomic mass is 10.0. The van der Waals surface area contributed by atoms with E-state index in [1.54, 1.807) is 6.07 Å². The quantitative estimate of drug-likeness (QED) is 0.894. The fraction of sp³-hybridized carbons (Fsp3) is 0.500. The third kappa shape index (κ3) is 2.85. The zero-order valence-corrected chi connectivity index (χ0v) is 11.8. The predicted octanol–water partition coefficient (Wildman–Crippen LogP) is 2.72. The molecule has 0 unspecified atom stereocenters. The minimum atomic E-state index is -1.07. The summed E-state index contributed by atoms with van der Waals surface area (Å²) >= 11 is 6.29. The van der Waals surface area contributed by atoms with Crippen molar-refractivity contribution in [3.05, 3.63) is 28.3 Å². The molecule has 1 atom stereocenters. The van der Waals surface area contributed by atoms with Crippen molar-refractivity contribution in [1.29, 1.82) is 0 Å². The predicted molar refractivity (Wildman–Crippen MR) is 76.8 cm³/mol. The highest BCUT2D eigenvalue weighted by Gasteiger charge is 2.21. The van der Waals surface area contributed by atoms with Crippen LogP contribution in [0.2, 0.25) is 5.02 Å². The standard InChI is InChI=1S/C14H19ClN2O2/c1-9-11(17-7-3-2-4-8-17)6-5-10(12(9)15)13(16)14(18)19/h5-6,13H,2-4,7-8,16H2,1H3,(H,18,19)/t13-/m0/s1. The number of nitrogens with two attached hydrogens (primary N) is 1. The Hall–Kier alpha value is -1.26. The zero-order chi connectivity index (χ0) is 14.0. The number of hydrogen-bond acceptors (Lipinski definition) is 3. The summed E-state index contributed by atoms with van der Waals surface area (Å²) in [5.74, 6) is -1.06. The smallest absolute Gasteiger partial charge is 0.325 e. The second kappa shape index (κ2) is 5.80. The van der Waals surface area contributed by atoms with Gasteiger partial charge in [-0.25, -0.2) is 0 Å². The second-order valence-corrected chi connectivity index (χ2v) is 5.35. The van der Waals surface area contributed by atoms with E-state index in [9.17, 15) is 4.79 Å². The number of nitrogens with zero attached hydrogens (tertiary/aromatic N) is 1. The van der Waals surface area contributed by atoms with E-state index in [2.05, 4.69) is 4.90 Å². The van der Waals surface area contributed by atoms with Crippen molar-refractivity contribution < 1.29 is 9.90 Å². The Kier molecular flexibility index (Phi) is 4.32. The number of carbonyl (C=O) groups is 1. The van der Waals surface area contributed by atoms with Gasteiger partial charge in [-0.3, -0.25) is 4.79 Å². The number of rotatable bonds is 3. The van der Waals surface area contributed by atoms with Crippen LogP contribution in [0.3, 0.4) is 0 Å². The molecule has 1 aliphatic rings. The molecule has 104 valence electrons. The first kappa shape index (κ1) is 14.2. The van der Waals surface area contributed by atoms with Gasteiger partial charge in [-0.1, -0.05) is 17.7 Å². The third-order valence-corrected chi connectivity index (χ3v) is 4.19. The fourth-order valence-corrected chi connectivity index (χ4v) is 2.82. The van der Waals surface area contributed by atoms with Crippen molar-refractivity contribution >= 4 is 23.3 Å². The van der Waals surface area contributed by atoms with Crippen LogP contribution in [0, 0.1) is 6.92 Å². The molecule has 1 saturated heterocycles. The lowest BCUT2D eigenvalue weighted by Crippen LogP contribution is -2.30. The van der Waals surface area contributed by atoms with E-state index in [-0.39, 0.29) is 0 Å². The molecule has 3 N–H and O–H groups in total. The van der Waals surface area contributed by atoms with Crippen molar-refractivity contribution in [3.8, 4) is 0 Å². The number of anilines is 1. The largest absolute Gasteiger partial charge is 0.480 e. The van der Waals surface area contributed by atoms with Crippen LogP contribution in [0.15, 0.2) is 12.1 Å². The van der Waals surface area contributed by atoms with E-state index in [0.29, 0.717) is 10.6 Å². The van der Waals surface area contributed by atoms with Crippen molar-refractivity contribution in [2.24, 2.45) is 5.73 Å². The Labute approximate surface area is 118 Å². The highest BCUT2D eigenvalue weighted by Crippen LogP contribution is 2.33. The molecule has 1 aromatic carbocycles. The molecule has 1 aromatic rings. The van der Waals surface area contributed by atoms with Crippen LogP contribution >= 0.6 is 11.6 Å². The molecular formula is C14H19ClN2O2. The summed E-state index contributed by atoms with van der Waals surface area (Å²) in [7, 11) is 0. The number of hydrogen-bond donors (Lipinski definition) is 2. The average Bonchev–Trinajstić information content (AvgIpc) is 2.42. The Morgan fingerprint density at radius 3 is 2.58 bits per heavy atom. The monoisotopic (exact) mass is 282 g/mol. The van der Waals surface area contributed by atoms with Crippen molar-refractivity contribution in [2.45, 2.75) is 32.2 Å². The number of benzene rings is 1. The average molecular weight is 283 g/mol. The minimum Gasteiger partial charge on any atom is -0.480 e. The lowest BCUT2D eigenvalue weighted by Gasteiger charge is -2.31. The SMILES string of the molecule is Cc1c(N2CCCCC2)ccc([C@H](N)C(=O)O)c1Cl. The topological polar surface area (TPSA) is 66.6 Å². The summed E-state index contributed by atoms with van der Waals surface area (Å²) < 4.78 is 0. The summed E-state index contributed by atoms with van der Waals surface area (Å²) in [6.07, 6.45) is 3.64. The Balaban J connectivity index is 2.33. The summed E-state index contributed by atoms with van der Waals surface area (Å²) in [6.45, 7) is 3.98. The number of carboxylic acid groups (broad SMARTS) is 1. The van der Waals surface area contributed by atoms with Gasteiger partial charge in [-0.15, -0.1) is 0 Å². The summed E-state index contributed by atoms with van der Waals surface area (Å²) in [5, 5.41) is 9.45. The number of halogens is 1. The van der Waals surface area contributed by atoms with Gasteiger partial charge < -0.3 is 15.7 Å². The minimum absolute atomic E-state index is 0.470. The van der Waals surface area contributed by atoms with E-state index in [0.717, 1.165) is 24.3 Å². The first-order valence-electron chi connectivity index (χ1n) is 6.54. The molecule has 0 bridgehead atoms. The van der Waals surface area contributed by atoms with Crippen molar-refractivity contribution in [1.82, 2.24) is 0 Å². The fourth-order valence-electron chi connectivity index (χ4n) is 2.55. The van der Waals surface area contributed by atoms with E-state index in [4.69, 9.17) is 22.4 Å². The van der Waals surface area contributed by atoms with Crippen LogP contribution in [0.4, 0.5) is 5.69 Å². The number of aliphatic carboxylic acids is 1. The van der Waals surface area contributed by atoms with Gasteiger partial charge in [0.25, 0.3) is 0 Å². The molecule has 1 fully saturated rings. The van der Waals surface area contributed by atoms with Crippen LogP contribution in [-0.4, -0.2) is 24.2 Å². The van der Waals surface area contributed by atoms with Gasteiger partial charge in [0.05, 0.1) is 5.02 Å². The molecule has 0 aliphatic carbocycles. The normalized spacial score (nSPS) is 17.3. The van der Waals surface area contributed by atoms with Crippen LogP contribution in [0.5, 0.6) is 0 Å². The molecule has 0 saturated carbocycles. The lowest BCUT2D eigenvalue weighted by molar-refractivity contribution is -0.138.